The highest BCUT2D eigenvalue weighted by Gasteiger charge is 2.18. The third-order valence-corrected chi connectivity index (χ3v) is 6.34. The first kappa shape index (κ1) is 21.3. The van der Waals surface area contributed by atoms with E-state index in [2.05, 4.69) is 9.97 Å². The summed E-state index contributed by atoms with van der Waals surface area (Å²) in [5.41, 5.74) is 9.43. The Kier molecular flexibility index (Phi) is 6.59. The summed E-state index contributed by atoms with van der Waals surface area (Å²) in [5, 5.41) is 0. The summed E-state index contributed by atoms with van der Waals surface area (Å²) in [6.07, 6.45) is 1.12. The summed E-state index contributed by atoms with van der Waals surface area (Å²) in [4.78, 5) is 9.02. The summed E-state index contributed by atoms with van der Waals surface area (Å²) in [6.45, 7) is 4.90. The number of pyridine rings is 1. The van der Waals surface area contributed by atoms with Crippen molar-refractivity contribution in [2.24, 2.45) is 0 Å². The number of hydrogen-bond donors (Lipinski definition) is 1. The van der Waals surface area contributed by atoms with Crippen LogP contribution in [0.4, 0.5) is 14.6 Å². The van der Waals surface area contributed by atoms with Crippen molar-refractivity contribution in [1.29, 1.82) is 0 Å². The van der Waals surface area contributed by atoms with Crippen LogP contribution in [0.2, 0.25) is 0 Å². The van der Waals surface area contributed by atoms with E-state index in [1.165, 1.54) is 6.07 Å². The van der Waals surface area contributed by atoms with E-state index < -0.39 is 22.4 Å². The van der Waals surface area contributed by atoms with Gasteiger partial charge in [-0.15, -0.1) is 0 Å². The van der Waals surface area contributed by atoms with Crippen molar-refractivity contribution in [3.8, 4) is 0 Å². The number of hydrogen-bond acceptors (Lipinski definition) is 5. The second-order valence-corrected chi connectivity index (χ2v) is 8.34. The Morgan fingerprint density at radius 1 is 1.24 bits per heavy atom. The maximum atomic E-state index is 13.9. The number of aryl methyl sites for hydroxylation is 3. The molecule has 156 valence electrons. The number of ether oxygens (including phenoxy) is 1. The number of imidazole rings is 1. The molecule has 0 aliphatic carbocycles. The number of nitrogens with zero attached hydrogens (tertiary/aromatic N) is 3. The monoisotopic (exact) mass is 422 g/mol. The van der Waals surface area contributed by atoms with E-state index in [0.29, 0.717) is 37.3 Å². The topological polar surface area (TPSA) is 83.0 Å². The average molecular weight is 423 g/mol. The number of aromatic nitrogens is 3. The van der Waals surface area contributed by atoms with E-state index in [0.717, 1.165) is 34.7 Å². The van der Waals surface area contributed by atoms with Gasteiger partial charge in [-0.05, 0) is 38.0 Å². The van der Waals surface area contributed by atoms with Crippen molar-refractivity contribution in [3.63, 3.8) is 0 Å². The number of fused-ring (bicyclic) bond motifs is 1. The average Bonchev–Trinajstić information content (AvgIpc) is 3.03. The Bertz CT molecular complexity index is 1070. The zero-order valence-corrected chi connectivity index (χ0v) is 17.5. The molecular formula is C20H24F2N4O2S. The summed E-state index contributed by atoms with van der Waals surface area (Å²) in [5.74, 6) is -0.0550. The lowest BCUT2D eigenvalue weighted by Gasteiger charge is -2.12. The molecule has 6 nitrogen and oxygen atoms in total. The maximum absolute atomic E-state index is 13.9. The predicted octanol–water partition coefficient (Wildman–Crippen LogP) is 3.30. The van der Waals surface area contributed by atoms with E-state index >= 15 is 0 Å². The molecule has 2 heterocycles. The first-order valence-electron chi connectivity index (χ1n) is 9.27. The van der Waals surface area contributed by atoms with Crippen molar-refractivity contribution in [3.05, 3.63) is 46.9 Å². The molecule has 0 saturated heterocycles. The molecule has 3 rings (SSSR count). The van der Waals surface area contributed by atoms with Crippen molar-refractivity contribution >= 4 is 27.7 Å². The Balaban J connectivity index is 1.85. The molecule has 29 heavy (non-hydrogen) atoms. The Morgan fingerprint density at radius 2 is 2.00 bits per heavy atom. The third kappa shape index (κ3) is 4.45. The molecule has 3 aromatic rings. The molecule has 0 amide bonds. The Hall–Kier alpha value is -2.39. The van der Waals surface area contributed by atoms with Gasteiger partial charge in [-0.3, -0.25) is 4.21 Å². The minimum atomic E-state index is -1.56. The normalized spacial score (nSPS) is 12.6. The van der Waals surface area contributed by atoms with E-state index in [4.69, 9.17) is 10.5 Å². The molecule has 0 spiro atoms. The molecule has 0 aliphatic rings. The van der Waals surface area contributed by atoms with Crippen LogP contribution in [-0.2, 0) is 28.5 Å². The lowest BCUT2D eigenvalue weighted by molar-refractivity contribution is 0.199. The number of nitrogens with two attached hydrogens (primary N) is 1. The van der Waals surface area contributed by atoms with E-state index in [1.807, 2.05) is 18.4 Å². The SMILES string of the molecule is COCCc1nc2c(N)nc(C)c(C)c2n1CCCS(=O)c1ccc(F)cc1F. The van der Waals surface area contributed by atoms with Gasteiger partial charge in [0.1, 0.15) is 23.0 Å². The van der Waals surface area contributed by atoms with Crippen LogP contribution in [0.15, 0.2) is 23.1 Å². The lowest BCUT2D eigenvalue weighted by atomic mass is 10.2. The first-order chi connectivity index (χ1) is 13.8. The van der Waals surface area contributed by atoms with Gasteiger partial charge in [0.2, 0.25) is 0 Å². The smallest absolute Gasteiger partial charge is 0.151 e. The van der Waals surface area contributed by atoms with Crippen LogP contribution < -0.4 is 5.73 Å². The molecule has 1 unspecified atom stereocenters. The fourth-order valence-electron chi connectivity index (χ4n) is 3.30. The summed E-state index contributed by atoms with van der Waals surface area (Å²) >= 11 is 0. The highest BCUT2D eigenvalue weighted by molar-refractivity contribution is 7.85. The molecule has 2 N–H and O–H groups in total. The lowest BCUT2D eigenvalue weighted by Crippen LogP contribution is -2.11. The van der Waals surface area contributed by atoms with Crippen molar-refractivity contribution in [1.82, 2.24) is 14.5 Å². The molecule has 1 aromatic carbocycles. The van der Waals surface area contributed by atoms with Gasteiger partial charge in [-0.2, -0.15) is 0 Å². The van der Waals surface area contributed by atoms with Gasteiger partial charge in [-0.25, -0.2) is 18.7 Å². The van der Waals surface area contributed by atoms with Gasteiger partial charge in [0.05, 0.1) is 27.8 Å². The molecule has 0 fully saturated rings. The standard InChI is InChI=1S/C20H24F2N4O2S/c1-12-13(2)24-20(23)18-19(12)26(17(25-18)7-9-28-3)8-4-10-29(27)16-6-5-14(21)11-15(16)22/h5-6,11H,4,7-10H2,1-3H3,(H2,23,24). The first-order valence-corrected chi connectivity index (χ1v) is 10.6. The Morgan fingerprint density at radius 3 is 2.69 bits per heavy atom. The quantitative estimate of drug-likeness (QED) is 0.602. The molecule has 0 aliphatic heterocycles. The zero-order valence-electron chi connectivity index (χ0n) is 16.7. The number of halogens is 2. The number of anilines is 1. The minimum Gasteiger partial charge on any atom is -0.384 e. The van der Waals surface area contributed by atoms with Gasteiger partial charge >= 0.3 is 0 Å². The van der Waals surface area contributed by atoms with Crippen LogP contribution in [0, 0.1) is 25.5 Å². The van der Waals surface area contributed by atoms with Crippen LogP contribution in [0.3, 0.4) is 0 Å². The summed E-state index contributed by atoms with van der Waals surface area (Å²) in [6, 6.07) is 3.10. The van der Waals surface area contributed by atoms with Crippen LogP contribution in [0.5, 0.6) is 0 Å². The maximum Gasteiger partial charge on any atom is 0.151 e. The molecule has 0 bridgehead atoms. The number of nitrogen functional groups attached to an aromatic ring is 1. The predicted molar refractivity (Wildman–Crippen MR) is 109 cm³/mol. The molecule has 1 atom stereocenters. The highest BCUT2D eigenvalue weighted by Crippen LogP contribution is 2.27. The highest BCUT2D eigenvalue weighted by atomic mass is 32.2. The fourth-order valence-corrected chi connectivity index (χ4v) is 4.40. The number of rotatable bonds is 8. The van der Waals surface area contributed by atoms with Crippen molar-refractivity contribution in [2.45, 2.75) is 38.1 Å². The second kappa shape index (κ2) is 8.96. The van der Waals surface area contributed by atoms with Gasteiger partial charge in [0.25, 0.3) is 0 Å². The van der Waals surface area contributed by atoms with Gasteiger partial charge in [0.15, 0.2) is 5.82 Å². The molecule has 2 aromatic heterocycles. The van der Waals surface area contributed by atoms with Gasteiger partial charge in [0, 0.05) is 37.6 Å². The summed E-state index contributed by atoms with van der Waals surface area (Å²) in [7, 11) is 0.0620. The van der Waals surface area contributed by atoms with Crippen molar-refractivity contribution < 1.29 is 17.7 Å². The van der Waals surface area contributed by atoms with Crippen molar-refractivity contribution in [2.75, 3.05) is 25.2 Å². The molecular weight excluding hydrogens is 398 g/mol. The van der Waals surface area contributed by atoms with Gasteiger partial charge in [-0.1, -0.05) is 0 Å². The minimum absolute atomic E-state index is 0.0157. The van der Waals surface area contributed by atoms with Crippen LogP contribution >= 0.6 is 0 Å². The van der Waals surface area contributed by atoms with Gasteiger partial charge < -0.3 is 15.0 Å². The van der Waals surface area contributed by atoms with Crippen LogP contribution in [0.25, 0.3) is 11.0 Å². The van der Waals surface area contributed by atoms with Crippen LogP contribution in [-0.4, -0.2) is 38.2 Å². The number of benzene rings is 1. The van der Waals surface area contributed by atoms with E-state index in [1.54, 1.807) is 7.11 Å². The molecule has 9 heteroatoms. The zero-order chi connectivity index (χ0) is 21.1. The molecule has 0 saturated carbocycles. The fraction of sp³-hybridized carbons (Fsp3) is 0.400. The third-order valence-electron chi connectivity index (χ3n) is 4.86. The van der Waals surface area contributed by atoms with Crippen LogP contribution in [0.1, 0.15) is 23.5 Å². The Labute approximate surface area is 170 Å². The summed E-state index contributed by atoms with van der Waals surface area (Å²) < 4.78 is 46.7. The van der Waals surface area contributed by atoms with E-state index in [9.17, 15) is 13.0 Å². The van der Waals surface area contributed by atoms with E-state index in [-0.39, 0.29) is 10.6 Å². The number of methoxy groups -OCH3 is 1. The molecule has 0 radical (unpaired) electrons. The second-order valence-electron chi connectivity index (χ2n) is 6.81. The largest absolute Gasteiger partial charge is 0.384 e.